The minimum absolute atomic E-state index is 0.0128. The maximum atomic E-state index is 12.7. The van der Waals surface area contributed by atoms with Crippen LogP contribution in [0, 0.1) is 0 Å². The van der Waals surface area contributed by atoms with Crippen LogP contribution in [-0.2, 0) is 0 Å². The lowest BCUT2D eigenvalue weighted by Crippen LogP contribution is -2.59. The lowest BCUT2D eigenvalue weighted by Gasteiger charge is -2.39. The zero-order valence-electron chi connectivity index (χ0n) is 14.1. The predicted octanol–water partition coefficient (Wildman–Crippen LogP) is 3.71. The Balaban J connectivity index is 1.41. The van der Waals surface area contributed by atoms with Gasteiger partial charge in [0.05, 0.1) is 19.1 Å². The summed E-state index contributed by atoms with van der Waals surface area (Å²) in [5.41, 5.74) is 2.12. The zero-order valence-corrected chi connectivity index (χ0v) is 14.9. The fourth-order valence-corrected chi connectivity index (χ4v) is 3.51. The number of hydrogen-bond acceptors (Lipinski definition) is 4. The van der Waals surface area contributed by atoms with E-state index in [-0.39, 0.29) is 18.2 Å². The van der Waals surface area contributed by atoms with Crippen molar-refractivity contribution in [2.45, 2.75) is 12.1 Å². The van der Waals surface area contributed by atoms with Gasteiger partial charge in [0.25, 0.3) is 5.19 Å². The first kappa shape index (κ1) is 16.6. The van der Waals surface area contributed by atoms with E-state index in [0.29, 0.717) is 18.3 Å². The molecule has 0 aliphatic carbocycles. The lowest BCUT2D eigenvalue weighted by atomic mass is 9.99. The summed E-state index contributed by atoms with van der Waals surface area (Å²) in [6.07, 6.45) is 1.73. The Morgan fingerprint density at radius 3 is 2.23 bits per heavy atom. The van der Waals surface area contributed by atoms with Crippen molar-refractivity contribution in [1.82, 2.24) is 15.2 Å². The van der Waals surface area contributed by atoms with E-state index in [1.54, 1.807) is 11.1 Å². The molecule has 0 bridgehead atoms. The number of nitrogens with one attached hydrogen (secondary N) is 1. The summed E-state index contributed by atoms with van der Waals surface area (Å²) in [6.45, 7) is 1.14. The highest BCUT2D eigenvalue weighted by Crippen LogP contribution is 2.24. The molecule has 2 aromatic carbocycles. The van der Waals surface area contributed by atoms with Gasteiger partial charge in [0.2, 0.25) is 0 Å². The highest BCUT2D eigenvalue weighted by Gasteiger charge is 2.34. The molecule has 0 saturated carbocycles. The molecule has 1 saturated heterocycles. The van der Waals surface area contributed by atoms with Crippen molar-refractivity contribution in [2.75, 3.05) is 13.1 Å². The van der Waals surface area contributed by atoms with Crippen LogP contribution in [0.3, 0.4) is 0 Å². The average Bonchev–Trinajstić information content (AvgIpc) is 3.17. The van der Waals surface area contributed by atoms with E-state index in [4.69, 9.17) is 4.74 Å². The Kier molecular flexibility index (Phi) is 4.84. The summed E-state index contributed by atoms with van der Waals surface area (Å²) in [6, 6.07) is 19.8. The third-order valence-corrected chi connectivity index (χ3v) is 5.01. The minimum atomic E-state index is -0.177. The number of carbonyl (C=O) groups is 1. The van der Waals surface area contributed by atoms with Crippen LogP contribution in [0.4, 0.5) is 4.79 Å². The molecule has 0 unspecified atom stereocenters. The van der Waals surface area contributed by atoms with E-state index < -0.39 is 0 Å². The van der Waals surface area contributed by atoms with Crippen LogP contribution < -0.4 is 10.1 Å². The van der Waals surface area contributed by atoms with Gasteiger partial charge < -0.3 is 15.0 Å². The lowest BCUT2D eigenvalue weighted by molar-refractivity contribution is 0.0436. The molecule has 2 heterocycles. The van der Waals surface area contributed by atoms with Crippen molar-refractivity contribution < 1.29 is 9.53 Å². The third kappa shape index (κ3) is 3.70. The van der Waals surface area contributed by atoms with Gasteiger partial charge in [-0.1, -0.05) is 72.0 Å². The Hall–Kier alpha value is -2.86. The van der Waals surface area contributed by atoms with Gasteiger partial charge in [-0.05, 0) is 11.1 Å². The molecule has 0 atom stereocenters. The van der Waals surface area contributed by atoms with Crippen LogP contribution in [0.15, 0.2) is 72.2 Å². The van der Waals surface area contributed by atoms with Gasteiger partial charge in [-0.15, -0.1) is 0 Å². The van der Waals surface area contributed by atoms with Crippen LogP contribution >= 0.6 is 11.3 Å². The zero-order chi connectivity index (χ0) is 17.8. The summed E-state index contributed by atoms with van der Waals surface area (Å²) >= 11 is 1.46. The highest BCUT2D eigenvalue weighted by atomic mass is 32.1. The second-order valence-corrected chi connectivity index (χ2v) is 7.00. The number of urea groups is 1. The molecule has 1 aliphatic rings. The number of likely N-dealkylation sites (tertiary alicyclic amines) is 1. The fraction of sp³-hybridized carbons (Fsp3) is 0.200. The van der Waals surface area contributed by atoms with Gasteiger partial charge in [0, 0.05) is 11.6 Å². The van der Waals surface area contributed by atoms with Crippen molar-refractivity contribution in [2.24, 2.45) is 0 Å². The molecular formula is C20H19N3O2S. The quantitative estimate of drug-likeness (QED) is 0.750. The maximum Gasteiger partial charge on any atom is 0.318 e. The molecule has 1 aliphatic heterocycles. The monoisotopic (exact) mass is 365 g/mol. The number of hydrogen-bond donors (Lipinski definition) is 1. The summed E-state index contributed by atoms with van der Waals surface area (Å²) in [5, 5.41) is 5.68. The second kappa shape index (κ2) is 7.58. The van der Waals surface area contributed by atoms with E-state index in [1.807, 2.05) is 66.0 Å². The van der Waals surface area contributed by atoms with Gasteiger partial charge in [-0.2, -0.15) is 0 Å². The molecule has 6 heteroatoms. The summed E-state index contributed by atoms with van der Waals surface area (Å²) < 4.78 is 5.73. The summed E-state index contributed by atoms with van der Waals surface area (Å²) in [4.78, 5) is 18.6. The molecule has 3 aromatic rings. The molecule has 0 radical (unpaired) electrons. The van der Waals surface area contributed by atoms with Gasteiger partial charge in [-0.25, -0.2) is 9.78 Å². The maximum absolute atomic E-state index is 12.7. The van der Waals surface area contributed by atoms with Crippen LogP contribution in [0.1, 0.15) is 17.2 Å². The van der Waals surface area contributed by atoms with Gasteiger partial charge in [0.1, 0.15) is 6.10 Å². The Labute approximate surface area is 156 Å². The molecule has 1 fully saturated rings. The molecule has 1 aromatic heterocycles. The second-order valence-electron chi connectivity index (χ2n) is 6.15. The number of thiazole rings is 1. The van der Waals surface area contributed by atoms with Crippen molar-refractivity contribution in [3.8, 4) is 5.19 Å². The van der Waals surface area contributed by atoms with E-state index in [0.717, 1.165) is 11.1 Å². The van der Waals surface area contributed by atoms with Crippen molar-refractivity contribution in [3.05, 3.63) is 83.4 Å². The molecule has 132 valence electrons. The molecule has 1 N–H and O–H groups in total. The van der Waals surface area contributed by atoms with E-state index >= 15 is 0 Å². The normalized spacial score (nSPS) is 14.1. The third-order valence-electron chi connectivity index (χ3n) is 4.35. The number of ether oxygens (including phenoxy) is 1. The van der Waals surface area contributed by atoms with Gasteiger partial charge >= 0.3 is 6.03 Å². The Morgan fingerprint density at radius 1 is 1.08 bits per heavy atom. The Bertz CT molecular complexity index is 795. The average molecular weight is 365 g/mol. The topological polar surface area (TPSA) is 54.5 Å². The van der Waals surface area contributed by atoms with E-state index in [1.165, 1.54) is 11.3 Å². The number of rotatable bonds is 5. The standard InChI is InChI=1S/C20H19N3O2S/c24-19(23-13-17(14-23)25-20-21-11-12-26-20)22-18(15-7-3-1-4-8-15)16-9-5-2-6-10-16/h1-12,17-18H,13-14H2,(H,22,24). The van der Waals surface area contributed by atoms with Crippen molar-refractivity contribution in [1.29, 1.82) is 0 Å². The first-order valence-electron chi connectivity index (χ1n) is 8.51. The molecule has 4 rings (SSSR count). The minimum Gasteiger partial charge on any atom is -0.463 e. The number of aromatic nitrogens is 1. The number of amides is 2. The smallest absolute Gasteiger partial charge is 0.318 e. The van der Waals surface area contributed by atoms with Gasteiger partial charge in [-0.3, -0.25) is 0 Å². The molecule has 5 nitrogen and oxygen atoms in total. The van der Waals surface area contributed by atoms with E-state index in [9.17, 15) is 4.79 Å². The SMILES string of the molecule is O=C(NC(c1ccccc1)c1ccccc1)N1CC(Oc2nccs2)C1. The number of carbonyl (C=O) groups excluding carboxylic acids is 1. The van der Waals surface area contributed by atoms with Crippen LogP contribution in [-0.4, -0.2) is 35.1 Å². The van der Waals surface area contributed by atoms with Gasteiger partial charge in [0.15, 0.2) is 0 Å². The summed E-state index contributed by atoms with van der Waals surface area (Å²) in [5.74, 6) is 0. The summed E-state index contributed by atoms with van der Waals surface area (Å²) in [7, 11) is 0. The van der Waals surface area contributed by atoms with Crippen LogP contribution in [0.25, 0.3) is 0 Å². The predicted molar refractivity (Wildman–Crippen MR) is 101 cm³/mol. The number of benzene rings is 2. The largest absolute Gasteiger partial charge is 0.463 e. The van der Waals surface area contributed by atoms with Crippen molar-refractivity contribution in [3.63, 3.8) is 0 Å². The number of nitrogens with zero attached hydrogens (tertiary/aromatic N) is 2. The molecule has 2 amide bonds. The first-order valence-corrected chi connectivity index (χ1v) is 9.39. The van der Waals surface area contributed by atoms with Crippen molar-refractivity contribution >= 4 is 17.4 Å². The van der Waals surface area contributed by atoms with Crippen LogP contribution in [0.2, 0.25) is 0 Å². The highest BCUT2D eigenvalue weighted by molar-refractivity contribution is 7.11. The fourth-order valence-electron chi connectivity index (χ4n) is 2.95. The Morgan fingerprint density at radius 2 is 1.69 bits per heavy atom. The molecular weight excluding hydrogens is 346 g/mol. The molecule has 26 heavy (non-hydrogen) atoms. The molecule has 0 spiro atoms. The van der Waals surface area contributed by atoms with Crippen LogP contribution in [0.5, 0.6) is 5.19 Å². The first-order chi connectivity index (χ1) is 12.8. The van der Waals surface area contributed by atoms with E-state index in [2.05, 4.69) is 10.3 Å².